The number of carbonyl (C=O) groups is 4. The number of rotatable bonds is 4. The predicted octanol–water partition coefficient (Wildman–Crippen LogP) is -1.96. The summed E-state index contributed by atoms with van der Waals surface area (Å²) in [5.41, 5.74) is -2.58. The van der Waals surface area contributed by atoms with Gasteiger partial charge in [-0.05, 0) is 0 Å². The standard InChI is InChI=1S/C8H9NO8/c10-4(11)2-1-8(6(14)15,7(16)17)9-3(2)5(12)13/h2-3,9H,1H2,(H,10,11)(H,12,13)(H,14,15)(H,16,17). The van der Waals surface area contributed by atoms with Gasteiger partial charge in [-0.15, -0.1) is 0 Å². The van der Waals surface area contributed by atoms with Crippen LogP contribution in [-0.4, -0.2) is 55.9 Å². The third-order valence-corrected chi connectivity index (χ3v) is 2.64. The van der Waals surface area contributed by atoms with E-state index >= 15 is 0 Å². The highest BCUT2D eigenvalue weighted by atomic mass is 16.4. The Bertz CT molecular complexity index is 364. The number of nitrogens with one attached hydrogen (secondary N) is 1. The van der Waals surface area contributed by atoms with E-state index in [0.29, 0.717) is 0 Å². The van der Waals surface area contributed by atoms with Crippen LogP contribution in [0.5, 0.6) is 0 Å². The van der Waals surface area contributed by atoms with Crippen LogP contribution >= 0.6 is 0 Å². The summed E-state index contributed by atoms with van der Waals surface area (Å²) in [6.45, 7) is 0. The second kappa shape index (κ2) is 4.01. The average molecular weight is 247 g/mol. The van der Waals surface area contributed by atoms with Gasteiger partial charge in [0.2, 0.25) is 5.54 Å². The molecule has 0 saturated carbocycles. The molecular formula is C8H9NO8. The summed E-state index contributed by atoms with van der Waals surface area (Å²) < 4.78 is 0. The van der Waals surface area contributed by atoms with Gasteiger partial charge in [0, 0.05) is 6.42 Å². The van der Waals surface area contributed by atoms with Crippen molar-refractivity contribution in [1.82, 2.24) is 5.32 Å². The van der Waals surface area contributed by atoms with Crippen LogP contribution in [0.15, 0.2) is 0 Å². The summed E-state index contributed by atoms with van der Waals surface area (Å²) >= 11 is 0. The lowest BCUT2D eigenvalue weighted by atomic mass is 9.91. The Morgan fingerprint density at radius 2 is 1.41 bits per heavy atom. The Kier molecular flexibility index (Phi) is 3.05. The van der Waals surface area contributed by atoms with Crippen molar-refractivity contribution in [3.8, 4) is 0 Å². The SMILES string of the molecule is O=C(O)C1CC(C(=O)O)(C(=O)O)NC1C(=O)O. The van der Waals surface area contributed by atoms with Crippen LogP contribution in [0.2, 0.25) is 0 Å². The van der Waals surface area contributed by atoms with Crippen molar-refractivity contribution in [3.63, 3.8) is 0 Å². The Morgan fingerprint density at radius 3 is 1.65 bits per heavy atom. The first-order chi connectivity index (χ1) is 7.72. The second-order valence-corrected chi connectivity index (χ2v) is 3.62. The third kappa shape index (κ3) is 1.91. The van der Waals surface area contributed by atoms with Crippen molar-refractivity contribution >= 4 is 23.9 Å². The van der Waals surface area contributed by atoms with E-state index in [1.807, 2.05) is 5.32 Å². The lowest BCUT2D eigenvalue weighted by Crippen LogP contribution is -2.57. The summed E-state index contributed by atoms with van der Waals surface area (Å²) in [5.74, 6) is -8.42. The zero-order chi connectivity index (χ0) is 13.4. The number of hydrogen-bond acceptors (Lipinski definition) is 5. The van der Waals surface area contributed by atoms with Crippen LogP contribution in [0.25, 0.3) is 0 Å². The normalized spacial score (nSPS) is 26.4. The molecule has 2 unspecified atom stereocenters. The molecule has 9 nitrogen and oxygen atoms in total. The topological polar surface area (TPSA) is 161 Å². The molecule has 0 spiro atoms. The van der Waals surface area contributed by atoms with Crippen LogP contribution in [0.3, 0.4) is 0 Å². The van der Waals surface area contributed by atoms with Crippen LogP contribution in [0.4, 0.5) is 0 Å². The first-order valence-electron chi connectivity index (χ1n) is 4.42. The molecule has 0 bridgehead atoms. The molecule has 0 aromatic rings. The quantitative estimate of drug-likeness (QED) is 0.355. The van der Waals surface area contributed by atoms with E-state index in [9.17, 15) is 19.2 Å². The van der Waals surface area contributed by atoms with Crippen LogP contribution in [-0.2, 0) is 19.2 Å². The monoisotopic (exact) mass is 247 g/mol. The number of carboxylic acid groups (broad SMARTS) is 4. The van der Waals surface area contributed by atoms with Crippen molar-refractivity contribution in [2.75, 3.05) is 0 Å². The van der Waals surface area contributed by atoms with Crippen molar-refractivity contribution in [1.29, 1.82) is 0 Å². The maximum atomic E-state index is 10.9. The van der Waals surface area contributed by atoms with Gasteiger partial charge in [0.25, 0.3) is 0 Å². The van der Waals surface area contributed by atoms with E-state index in [1.165, 1.54) is 0 Å². The largest absolute Gasteiger partial charge is 0.481 e. The maximum Gasteiger partial charge on any atom is 0.335 e. The molecular weight excluding hydrogens is 238 g/mol. The molecule has 94 valence electrons. The average Bonchev–Trinajstić information content (AvgIpc) is 2.58. The zero-order valence-corrected chi connectivity index (χ0v) is 8.28. The Balaban J connectivity index is 3.17. The molecule has 2 atom stereocenters. The Labute approximate surface area is 93.7 Å². The number of aliphatic carboxylic acids is 4. The fourth-order valence-corrected chi connectivity index (χ4v) is 1.73. The lowest BCUT2D eigenvalue weighted by molar-refractivity contribution is -0.158. The molecule has 1 aliphatic rings. The second-order valence-electron chi connectivity index (χ2n) is 3.62. The summed E-state index contributed by atoms with van der Waals surface area (Å²) in [4.78, 5) is 43.2. The van der Waals surface area contributed by atoms with Gasteiger partial charge in [0.15, 0.2) is 0 Å². The first kappa shape index (κ1) is 12.9. The van der Waals surface area contributed by atoms with Gasteiger partial charge in [0.1, 0.15) is 6.04 Å². The van der Waals surface area contributed by atoms with E-state index < -0.39 is 47.8 Å². The third-order valence-electron chi connectivity index (χ3n) is 2.64. The van der Waals surface area contributed by atoms with Gasteiger partial charge in [-0.25, -0.2) is 9.59 Å². The van der Waals surface area contributed by atoms with Crippen LogP contribution in [0.1, 0.15) is 6.42 Å². The zero-order valence-electron chi connectivity index (χ0n) is 8.28. The molecule has 0 aromatic heterocycles. The Morgan fingerprint density at radius 1 is 0.941 bits per heavy atom. The van der Waals surface area contributed by atoms with E-state index in [1.54, 1.807) is 0 Å². The summed E-state index contributed by atoms with van der Waals surface area (Å²) in [5, 5.41) is 36.9. The van der Waals surface area contributed by atoms with Gasteiger partial charge >= 0.3 is 23.9 Å². The van der Waals surface area contributed by atoms with Gasteiger partial charge in [-0.1, -0.05) is 0 Å². The predicted molar refractivity (Wildman–Crippen MR) is 48.3 cm³/mol. The molecule has 1 aliphatic heterocycles. The van der Waals surface area contributed by atoms with E-state index in [4.69, 9.17) is 20.4 Å². The minimum atomic E-state index is -2.58. The molecule has 1 rings (SSSR count). The summed E-state index contributed by atoms with van der Waals surface area (Å²) in [6.07, 6.45) is -0.829. The van der Waals surface area contributed by atoms with Gasteiger partial charge in [-0.2, -0.15) is 0 Å². The van der Waals surface area contributed by atoms with Crippen molar-refractivity contribution in [3.05, 3.63) is 0 Å². The highest BCUT2D eigenvalue weighted by Crippen LogP contribution is 2.30. The van der Waals surface area contributed by atoms with Crippen molar-refractivity contribution < 1.29 is 39.6 Å². The fraction of sp³-hybridized carbons (Fsp3) is 0.500. The van der Waals surface area contributed by atoms with Crippen LogP contribution in [0, 0.1) is 5.92 Å². The molecule has 0 amide bonds. The highest BCUT2D eigenvalue weighted by Gasteiger charge is 2.59. The highest BCUT2D eigenvalue weighted by molar-refractivity contribution is 6.05. The van der Waals surface area contributed by atoms with Gasteiger partial charge in [0.05, 0.1) is 5.92 Å². The van der Waals surface area contributed by atoms with Crippen molar-refractivity contribution in [2.24, 2.45) is 5.92 Å². The summed E-state index contributed by atoms with van der Waals surface area (Å²) in [6, 6.07) is -1.75. The minimum absolute atomic E-state index is 0.829. The molecule has 1 fully saturated rings. The summed E-state index contributed by atoms with van der Waals surface area (Å²) in [7, 11) is 0. The van der Waals surface area contributed by atoms with Crippen molar-refractivity contribution in [2.45, 2.75) is 18.0 Å². The lowest BCUT2D eigenvalue weighted by Gasteiger charge is -2.19. The molecule has 0 aromatic carbocycles. The maximum absolute atomic E-state index is 10.9. The van der Waals surface area contributed by atoms with Crippen LogP contribution < -0.4 is 5.32 Å². The fourth-order valence-electron chi connectivity index (χ4n) is 1.73. The minimum Gasteiger partial charge on any atom is -0.481 e. The smallest absolute Gasteiger partial charge is 0.335 e. The molecule has 0 radical (unpaired) electrons. The molecule has 9 heteroatoms. The van der Waals surface area contributed by atoms with E-state index in [2.05, 4.69) is 0 Å². The first-order valence-corrected chi connectivity index (χ1v) is 4.42. The van der Waals surface area contributed by atoms with E-state index in [-0.39, 0.29) is 0 Å². The molecule has 17 heavy (non-hydrogen) atoms. The van der Waals surface area contributed by atoms with E-state index in [0.717, 1.165) is 0 Å². The Hall–Kier alpha value is -2.16. The molecule has 1 heterocycles. The molecule has 0 aliphatic carbocycles. The number of carboxylic acids is 4. The van der Waals surface area contributed by atoms with Gasteiger partial charge in [-0.3, -0.25) is 14.9 Å². The molecule has 1 saturated heterocycles. The number of hydrogen-bond donors (Lipinski definition) is 5. The molecule has 5 N–H and O–H groups in total. The van der Waals surface area contributed by atoms with Gasteiger partial charge < -0.3 is 20.4 Å².